The molecule has 1 aromatic rings. The second-order valence-electron chi connectivity index (χ2n) is 2.62. The highest BCUT2D eigenvalue weighted by Gasteiger charge is 1.98. The maximum atomic E-state index is 9.12. The van der Waals surface area contributed by atoms with Gasteiger partial charge in [-0.2, -0.15) is 4.99 Å². The molecule has 0 heterocycles. The summed E-state index contributed by atoms with van der Waals surface area (Å²) in [5, 5.41) is 9.12. The van der Waals surface area contributed by atoms with E-state index >= 15 is 0 Å². The Balaban J connectivity index is 3.03. The maximum absolute atomic E-state index is 9.12. The minimum absolute atomic E-state index is 0.105. The predicted octanol–water partition coefficient (Wildman–Crippen LogP) is 1.29. The van der Waals surface area contributed by atoms with Gasteiger partial charge in [0.2, 0.25) is 0 Å². The second-order valence-corrected chi connectivity index (χ2v) is 2.62. The lowest BCUT2D eigenvalue weighted by Crippen LogP contribution is -2.12. The number of aromatic hydroxyl groups is 1. The van der Waals surface area contributed by atoms with Gasteiger partial charge in [0.25, 0.3) is 6.02 Å². The Labute approximate surface area is 76.7 Å². The third-order valence-corrected chi connectivity index (χ3v) is 1.62. The minimum Gasteiger partial charge on any atom is -0.508 e. The molecule has 0 radical (unpaired) electrons. The number of aryl methyl sites for hydroxylation is 1. The fourth-order valence-electron chi connectivity index (χ4n) is 0.929. The summed E-state index contributed by atoms with van der Waals surface area (Å²) in [6.07, 6.45) is 0. The summed E-state index contributed by atoms with van der Waals surface area (Å²) in [5.74, 6) is 0.215. The number of phenols is 1. The first kappa shape index (κ1) is 9.38. The molecule has 70 valence electrons. The van der Waals surface area contributed by atoms with Crippen molar-refractivity contribution in [2.75, 3.05) is 7.11 Å². The zero-order valence-corrected chi connectivity index (χ0v) is 7.61. The highest BCUT2D eigenvalue weighted by atomic mass is 16.5. The van der Waals surface area contributed by atoms with Crippen LogP contribution in [0.1, 0.15) is 5.56 Å². The van der Waals surface area contributed by atoms with Crippen molar-refractivity contribution in [2.45, 2.75) is 6.92 Å². The molecule has 0 saturated heterocycles. The molecule has 3 N–H and O–H groups in total. The monoisotopic (exact) mass is 180 g/mol. The molecule has 0 saturated carbocycles. The lowest BCUT2D eigenvalue weighted by molar-refractivity contribution is 0.397. The summed E-state index contributed by atoms with van der Waals surface area (Å²) >= 11 is 0. The van der Waals surface area contributed by atoms with E-state index in [1.54, 1.807) is 18.2 Å². The lowest BCUT2D eigenvalue weighted by Gasteiger charge is -2.02. The smallest absolute Gasteiger partial charge is 0.286 e. The van der Waals surface area contributed by atoms with E-state index in [1.807, 2.05) is 6.92 Å². The van der Waals surface area contributed by atoms with Crippen molar-refractivity contribution in [1.82, 2.24) is 0 Å². The number of phenolic OH excluding ortho intramolecular Hbond substituents is 1. The molecule has 0 aliphatic carbocycles. The van der Waals surface area contributed by atoms with Gasteiger partial charge in [-0.25, -0.2) is 0 Å². The van der Waals surface area contributed by atoms with Crippen molar-refractivity contribution in [3.05, 3.63) is 23.8 Å². The van der Waals surface area contributed by atoms with Gasteiger partial charge >= 0.3 is 0 Å². The van der Waals surface area contributed by atoms with Crippen molar-refractivity contribution in [2.24, 2.45) is 10.7 Å². The van der Waals surface area contributed by atoms with E-state index in [9.17, 15) is 0 Å². The number of methoxy groups -OCH3 is 1. The van der Waals surface area contributed by atoms with Gasteiger partial charge < -0.3 is 15.6 Å². The summed E-state index contributed by atoms with van der Waals surface area (Å²) in [6, 6.07) is 4.95. The summed E-state index contributed by atoms with van der Waals surface area (Å²) in [6.45, 7) is 1.83. The Hall–Kier alpha value is -1.71. The van der Waals surface area contributed by atoms with Crippen molar-refractivity contribution in [3.63, 3.8) is 0 Å². The van der Waals surface area contributed by atoms with Gasteiger partial charge in [-0.1, -0.05) is 0 Å². The van der Waals surface area contributed by atoms with Crippen molar-refractivity contribution < 1.29 is 9.84 Å². The van der Waals surface area contributed by atoms with E-state index in [0.29, 0.717) is 5.69 Å². The molecule has 0 spiro atoms. The number of hydrogen-bond acceptors (Lipinski definition) is 3. The zero-order chi connectivity index (χ0) is 9.84. The fraction of sp³-hybridized carbons (Fsp3) is 0.222. The van der Waals surface area contributed by atoms with Crippen molar-refractivity contribution in [1.29, 1.82) is 0 Å². The molecule has 13 heavy (non-hydrogen) atoms. The van der Waals surface area contributed by atoms with Crippen LogP contribution in [0.3, 0.4) is 0 Å². The summed E-state index contributed by atoms with van der Waals surface area (Å²) < 4.78 is 4.70. The van der Waals surface area contributed by atoms with Crippen LogP contribution in [0, 0.1) is 6.92 Å². The summed E-state index contributed by atoms with van der Waals surface area (Å²) in [5.41, 5.74) is 6.92. The van der Waals surface area contributed by atoms with Gasteiger partial charge in [-0.05, 0) is 30.7 Å². The fourth-order valence-corrected chi connectivity index (χ4v) is 0.929. The maximum Gasteiger partial charge on any atom is 0.286 e. The van der Waals surface area contributed by atoms with Crippen molar-refractivity contribution >= 4 is 11.7 Å². The molecule has 0 unspecified atom stereocenters. The first-order valence-electron chi connectivity index (χ1n) is 3.81. The number of amidine groups is 1. The molecule has 0 aliphatic rings. The lowest BCUT2D eigenvalue weighted by atomic mass is 10.2. The Kier molecular flexibility index (Phi) is 2.74. The van der Waals surface area contributed by atoms with Gasteiger partial charge in [0, 0.05) is 0 Å². The Bertz CT molecular complexity index is 334. The van der Waals surface area contributed by atoms with Gasteiger partial charge in [0.1, 0.15) is 5.75 Å². The first-order valence-corrected chi connectivity index (χ1v) is 3.81. The summed E-state index contributed by atoms with van der Waals surface area (Å²) in [7, 11) is 1.45. The van der Waals surface area contributed by atoms with E-state index in [1.165, 1.54) is 7.11 Å². The van der Waals surface area contributed by atoms with E-state index in [2.05, 4.69) is 4.99 Å². The number of ether oxygens (including phenoxy) is 1. The third-order valence-electron chi connectivity index (χ3n) is 1.62. The largest absolute Gasteiger partial charge is 0.508 e. The zero-order valence-electron chi connectivity index (χ0n) is 7.61. The average molecular weight is 180 g/mol. The van der Waals surface area contributed by atoms with Gasteiger partial charge in [0.15, 0.2) is 0 Å². The number of nitrogens with two attached hydrogens (primary N) is 1. The van der Waals surface area contributed by atoms with Crippen LogP contribution in [-0.4, -0.2) is 18.2 Å². The van der Waals surface area contributed by atoms with Gasteiger partial charge in [0.05, 0.1) is 12.8 Å². The average Bonchev–Trinajstić information content (AvgIpc) is 2.09. The van der Waals surface area contributed by atoms with Crippen molar-refractivity contribution in [3.8, 4) is 5.75 Å². The number of rotatable bonds is 1. The number of aliphatic imine (C=N–C) groups is 1. The molecule has 0 bridgehead atoms. The Morgan fingerprint density at radius 1 is 1.54 bits per heavy atom. The molecular formula is C9H12N2O2. The van der Waals surface area contributed by atoms with Crippen LogP contribution in [0.2, 0.25) is 0 Å². The minimum atomic E-state index is 0.105. The van der Waals surface area contributed by atoms with Crippen LogP contribution in [0.15, 0.2) is 23.2 Å². The van der Waals surface area contributed by atoms with E-state index in [-0.39, 0.29) is 11.8 Å². The van der Waals surface area contributed by atoms with E-state index in [4.69, 9.17) is 15.6 Å². The first-order chi connectivity index (χ1) is 6.13. The molecule has 0 aromatic heterocycles. The second kappa shape index (κ2) is 3.80. The van der Waals surface area contributed by atoms with Crippen LogP contribution in [0.5, 0.6) is 5.75 Å². The Morgan fingerprint density at radius 2 is 2.23 bits per heavy atom. The third kappa shape index (κ3) is 2.37. The molecule has 0 amide bonds. The molecule has 0 aliphatic heterocycles. The molecule has 0 atom stereocenters. The molecule has 1 aromatic carbocycles. The quantitative estimate of drug-likeness (QED) is 0.505. The van der Waals surface area contributed by atoms with Gasteiger partial charge in [-0.3, -0.25) is 0 Å². The number of hydrogen-bond donors (Lipinski definition) is 2. The van der Waals surface area contributed by atoms with Crippen LogP contribution < -0.4 is 5.73 Å². The number of nitrogens with zero attached hydrogens (tertiary/aromatic N) is 1. The SMILES string of the molecule is COC(N)=Nc1ccc(O)cc1C. The molecule has 4 heteroatoms. The topological polar surface area (TPSA) is 67.8 Å². The predicted molar refractivity (Wildman–Crippen MR) is 51.1 cm³/mol. The molecule has 1 rings (SSSR count). The summed E-state index contributed by atoms with van der Waals surface area (Å²) in [4.78, 5) is 3.98. The highest BCUT2D eigenvalue weighted by molar-refractivity contribution is 5.75. The molecular weight excluding hydrogens is 168 g/mol. The molecule has 0 fully saturated rings. The molecule has 4 nitrogen and oxygen atoms in total. The number of benzene rings is 1. The van der Waals surface area contributed by atoms with E-state index in [0.717, 1.165) is 5.56 Å². The van der Waals surface area contributed by atoms with Crippen LogP contribution in [0.4, 0.5) is 5.69 Å². The van der Waals surface area contributed by atoms with Crippen LogP contribution >= 0.6 is 0 Å². The van der Waals surface area contributed by atoms with E-state index < -0.39 is 0 Å². The Morgan fingerprint density at radius 3 is 2.77 bits per heavy atom. The highest BCUT2D eigenvalue weighted by Crippen LogP contribution is 2.22. The standard InChI is InChI=1S/C9H12N2O2/c1-6-5-7(12)3-4-8(6)11-9(10)13-2/h3-5,12H,1-2H3,(H2,10,11). The van der Waals surface area contributed by atoms with Gasteiger partial charge in [-0.15, -0.1) is 0 Å². The van der Waals surface area contributed by atoms with Crippen LogP contribution in [-0.2, 0) is 4.74 Å². The van der Waals surface area contributed by atoms with Crippen LogP contribution in [0.25, 0.3) is 0 Å². The normalized spacial score (nSPS) is 11.4.